The lowest BCUT2D eigenvalue weighted by Gasteiger charge is -2.17. The molecule has 0 spiro atoms. The van der Waals surface area contributed by atoms with Gasteiger partial charge in [-0.1, -0.05) is 47.2 Å². The lowest BCUT2D eigenvalue weighted by molar-refractivity contribution is -0.114. The highest BCUT2D eigenvalue weighted by Crippen LogP contribution is 2.32. The summed E-state index contributed by atoms with van der Waals surface area (Å²) in [6.07, 6.45) is 4.93. The summed E-state index contributed by atoms with van der Waals surface area (Å²) < 4.78 is 6.24. The summed E-state index contributed by atoms with van der Waals surface area (Å²) in [5.74, 6) is 0.547. The molecule has 0 atom stereocenters. The third kappa shape index (κ3) is 4.50. The first-order chi connectivity index (χ1) is 14.6. The molecule has 150 valence electrons. The van der Waals surface area contributed by atoms with Crippen molar-refractivity contribution in [3.8, 4) is 5.75 Å². The quantitative estimate of drug-likeness (QED) is 0.370. The predicted molar refractivity (Wildman–Crippen MR) is 122 cm³/mol. The van der Waals surface area contributed by atoms with Crippen LogP contribution in [0.2, 0.25) is 5.02 Å². The van der Waals surface area contributed by atoms with Gasteiger partial charge in [-0.15, -0.1) is 0 Å². The average molecular weight is 436 g/mol. The zero-order valence-electron chi connectivity index (χ0n) is 16.2. The van der Waals surface area contributed by atoms with Crippen LogP contribution < -0.4 is 9.64 Å². The van der Waals surface area contributed by atoms with Gasteiger partial charge in [0, 0.05) is 17.3 Å². The van der Waals surface area contributed by atoms with Crippen molar-refractivity contribution < 1.29 is 9.53 Å². The van der Waals surface area contributed by atoms with Crippen LogP contribution in [0.1, 0.15) is 11.3 Å². The standard InChI is InChI=1S/C23H18ClN3O2S/c1-29-18-10-11-20-21(14-18)30-23(26-20)27(15-17-7-4-5-13-25-17)22(28)12-9-16-6-2-3-8-19(16)24/h2-14H,15H2,1H3/b12-9+. The minimum absolute atomic E-state index is 0.202. The highest BCUT2D eigenvalue weighted by atomic mass is 35.5. The molecule has 0 aliphatic rings. The number of hydrogen-bond donors (Lipinski definition) is 0. The molecule has 0 saturated heterocycles. The fourth-order valence-corrected chi connectivity index (χ4v) is 4.09. The number of rotatable bonds is 6. The summed E-state index contributed by atoms with van der Waals surface area (Å²) >= 11 is 7.64. The van der Waals surface area contributed by atoms with Gasteiger partial charge in [0.25, 0.3) is 5.91 Å². The van der Waals surface area contributed by atoms with Gasteiger partial charge < -0.3 is 4.74 Å². The van der Waals surface area contributed by atoms with Crippen LogP contribution in [-0.2, 0) is 11.3 Å². The molecule has 0 bridgehead atoms. The monoisotopic (exact) mass is 435 g/mol. The molecule has 4 aromatic rings. The number of ether oxygens (including phenoxy) is 1. The SMILES string of the molecule is COc1ccc2nc(N(Cc3ccccn3)C(=O)/C=C/c3ccccc3Cl)sc2c1. The van der Waals surface area contributed by atoms with E-state index in [1.807, 2.05) is 54.6 Å². The van der Waals surface area contributed by atoms with Gasteiger partial charge in [0.1, 0.15) is 5.75 Å². The number of pyridine rings is 1. The van der Waals surface area contributed by atoms with Crippen LogP contribution in [0.25, 0.3) is 16.3 Å². The van der Waals surface area contributed by atoms with Gasteiger partial charge in [0.15, 0.2) is 5.13 Å². The van der Waals surface area contributed by atoms with E-state index < -0.39 is 0 Å². The second kappa shape index (κ2) is 9.07. The van der Waals surface area contributed by atoms with Crippen LogP contribution in [0.3, 0.4) is 0 Å². The van der Waals surface area contributed by atoms with Crippen molar-refractivity contribution in [2.24, 2.45) is 0 Å². The molecule has 0 radical (unpaired) electrons. The van der Waals surface area contributed by atoms with Crippen LogP contribution in [0.5, 0.6) is 5.75 Å². The number of anilines is 1. The highest BCUT2D eigenvalue weighted by molar-refractivity contribution is 7.22. The van der Waals surface area contributed by atoms with Crippen LogP contribution in [-0.4, -0.2) is 23.0 Å². The normalized spacial score (nSPS) is 11.1. The predicted octanol–water partition coefficient (Wildman–Crippen LogP) is 5.60. The fourth-order valence-electron chi connectivity index (χ4n) is 2.89. The molecule has 2 aromatic carbocycles. The van der Waals surface area contributed by atoms with E-state index in [-0.39, 0.29) is 5.91 Å². The number of methoxy groups -OCH3 is 1. The summed E-state index contributed by atoms with van der Waals surface area (Å²) in [7, 11) is 1.62. The van der Waals surface area contributed by atoms with Crippen molar-refractivity contribution in [3.63, 3.8) is 0 Å². The highest BCUT2D eigenvalue weighted by Gasteiger charge is 2.19. The Kier molecular flexibility index (Phi) is 6.07. The Morgan fingerprint density at radius 1 is 1.17 bits per heavy atom. The average Bonchev–Trinajstić information content (AvgIpc) is 3.20. The van der Waals surface area contributed by atoms with E-state index in [0.717, 1.165) is 27.2 Å². The second-order valence-electron chi connectivity index (χ2n) is 6.43. The molecule has 0 aliphatic carbocycles. The molecule has 1 amide bonds. The van der Waals surface area contributed by atoms with E-state index in [0.29, 0.717) is 16.7 Å². The Morgan fingerprint density at radius 3 is 2.77 bits per heavy atom. The molecule has 4 rings (SSSR count). The Labute approximate surface area is 183 Å². The Bertz CT molecular complexity index is 1210. The van der Waals surface area contributed by atoms with Crippen molar-refractivity contribution in [1.29, 1.82) is 0 Å². The largest absolute Gasteiger partial charge is 0.497 e. The summed E-state index contributed by atoms with van der Waals surface area (Å²) in [5.41, 5.74) is 2.36. The van der Waals surface area contributed by atoms with Gasteiger partial charge in [0.05, 0.1) is 29.6 Å². The number of hydrogen-bond acceptors (Lipinski definition) is 5. The number of fused-ring (bicyclic) bond motifs is 1. The third-order valence-electron chi connectivity index (χ3n) is 4.44. The van der Waals surface area contributed by atoms with Gasteiger partial charge >= 0.3 is 0 Å². The number of benzene rings is 2. The maximum atomic E-state index is 13.1. The first-order valence-electron chi connectivity index (χ1n) is 9.22. The van der Waals surface area contributed by atoms with Crippen molar-refractivity contribution in [3.05, 3.63) is 89.2 Å². The van der Waals surface area contributed by atoms with Gasteiger partial charge in [0.2, 0.25) is 0 Å². The molecular weight excluding hydrogens is 418 g/mol. The van der Waals surface area contributed by atoms with Gasteiger partial charge in [-0.05, 0) is 48.0 Å². The van der Waals surface area contributed by atoms with Crippen molar-refractivity contribution >= 4 is 50.3 Å². The van der Waals surface area contributed by atoms with Crippen molar-refractivity contribution in [2.75, 3.05) is 12.0 Å². The topological polar surface area (TPSA) is 55.3 Å². The zero-order valence-corrected chi connectivity index (χ0v) is 17.7. The molecule has 30 heavy (non-hydrogen) atoms. The van der Waals surface area contributed by atoms with Gasteiger partial charge in [-0.2, -0.15) is 0 Å². The molecule has 0 saturated carbocycles. The van der Waals surface area contributed by atoms with E-state index in [1.54, 1.807) is 30.3 Å². The molecule has 7 heteroatoms. The number of nitrogens with zero attached hydrogens (tertiary/aromatic N) is 3. The number of halogens is 1. The summed E-state index contributed by atoms with van der Waals surface area (Å²) in [6.45, 7) is 0.309. The molecule has 5 nitrogen and oxygen atoms in total. The Morgan fingerprint density at radius 2 is 2.00 bits per heavy atom. The lowest BCUT2D eigenvalue weighted by Crippen LogP contribution is -2.29. The first-order valence-corrected chi connectivity index (χ1v) is 10.4. The molecule has 2 aromatic heterocycles. The van der Waals surface area contributed by atoms with Crippen molar-refractivity contribution in [1.82, 2.24) is 9.97 Å². The first kappa shape index (κ1) is 20.1. The van der Waals surface area contributed by atoms with Crippen LogP contribution in [0, 0.1) is 0 Å². The maximum absolute atomic E-state index is 13.1. The summed E-state index contributed by atoms with van der Waals surface area (Å²) in [4.78, 5) is 23.8. The van der Waals surface area contributed by atoms with E-state index in [4.69, 9.17) is 16.3 Å². The number of aromatic nitrogens is 2. The van der Waals surface area contributed by atoms with E-state index in [2.05, 4.69) is 9.97 Å². The molecule has 2 heterocycles. The van der Waals surface area contributed by atoms with Crippen LogP contribution in [0.15, 0.2) is 72.9 Å². The number of carbonyl (C=O) groups excluding carboxylic acids is 1. The summed E-state index contributed by atoms with van der Waals surface area (Å²) in [5, 5.41) is 1.18. The van der Waals surface area contributed by atoms with E-state index in [1.165, 1.54) is 17.4 Å². The molecule has 0 unspecified atom stereocenters. The van der Waals surface area contributed by atoms with Crippen LogP contribution >= 0.6 is 22.9 Å². The molecule has 0 fully saturated rings. The van der Waals surface area contributed by atoms with Crippen molar-refractivity contribution in [2.45, 2.75) is 6.54 Å². The van der Waals surface area contributed by atoms with Gasteiger partial charge in [-0.3, -0.25) is 14.7 Å². The minimum atomic E-state index is -0.202. The number of amides is 1. The van der Waals surface area contributed by atoms with E-state index in [9.17, 15) is 4.79 Å². The zero-order chi connectivity index (χ0) is 20.9. The van der Waals surface area contributed by atoms with Crippen LogP contribution in [0.4, 0.5) is 5.13 Å². The number of carbonyl (C=O) groups is 1. The smallest absolute Gasteiger partial charge is 0.253 e. The van der Waals surface area contributed by atoms with E-state index >= 15 is 0 Å². The fraction of sp³-hybridized carbons (Fsp3) is 0.0870. The van der Waals surface area contributed by atoms with Gasteiger partial charge in [-0.25, -0.2) is 4.98 Å². The Balaban J connectivity index is 1.69. The maximum Gasteiger partial charge on any atom is 0.253 e. The number of thiazole rings is 1. The Hall–Kier alpha value is -3.22. The molecular formula is C23H18ClN3O2S. The minimum Gasteiger partial charge on any atom is -0.497 e. The third-order valence-corrected chi connectivity index (χ3v) is 5.82. The lowest BCUT2D eigenvalue weighted by atomic mass is 10.2. The second-order valence-corrected chi connectivity index (χ2v) is 7.85. The molecule has 0 N–H and O–H groups in total. The molecule has 0 aliphatic heterocycles. The summed E-state index contributed by atoms with van der Waals surface area (Å²) in [6, 6.07) is 18.7.